The second-order valence-electron chi connectivity index (χ2n) is 4.23. The number of fused-ring (bicyclic) bond motifs is 1. The fraction of sp³-hybridized carbons (Fsp3) is 0.538. The van der Waals surface area contributed by atoms with Crippen molar-refractivity contribution in [1.29, 1.82) is 0 Å². The Morgan fingerprint density at radius 2 is 1.89 bits per heavy atom. The molecular formula is C13H17Cl2NO2. The molecule has 0 saturated carbocycles. The molecule has 0 saturated heterocycles. The van der Waals surface area contributed by atoms with Gasteiger partial charge < -0.3 is 14.4 Å². The molecule has 100 valence electrons. The Hall–Kier alpha value is -0.800. The van der Waals surface area contributed by atoms with Crippen LogP contribution in [-0.2, 0) is 6.42 Å². The summed E-state index contributed by atoms with van der Waals surface area (Å²) in [5.74, 6) is 2.68. The smallest absolute Gasteiger partial charge is 0.162 e. The summed E-state index contributed by atoms with van der Waals surface area (Å²) < 4.78 is 10.7. The topological polar surface area (TPSA) is 21.7 Å². The van der Waals surface area contributed by atoms with E-state index >= 15 is 0 Å². The molecule has 2 rings (SSSR count). The van der Waals surface area contributed by atoms with E-state index < -0.39 is 0 Å². The monoisotopic (exact) mass is 289 g/mol. The lowest BCUT2D eigenvalue weighted by Gasteiger charge is -2.25. The SMILES string of the molecule is COc1cc2c(cc1OC)N(CCCl)C(CCl)C2. The number of rotatable bonds is 5. The molecule has 0 aromatic heterocycles. The number of hydrogen-bond donors (Lipinski definition) is 0. The summed E-state index contributed by atoms with van der Waals surface area (Å²) >= 11 is 11.9. The second kappa shape index (κ2) is 5.89. The van der Waals surface area contributed by atoms with Crippen molar-refractivity contribution in [2.45, 2.75) is 12.5 Å². The number of benzene rings is 1. The molecule has 1 heterocycles. The number of hydrogen-bond acceptors (Lipinski definition) is 3. The van der Waals surface area contributed by atoms with Gasteiger partial charge in [0.15, 0.2) is 11.5 Å². The lowest BCUT2D eigenvalue weighted by molar-refractivity contribution is 0.355. The summed E-state index contributed by atoms with van der Waals surface area (Å²) in [7, 11) is 3.29. The van der Waals surface area contributed by atoms with E-state index in [-0.39, 0.29) is 0 Å². The van der Waals surface area contributed by atoms with Crippen LogP contribution < -0.4 is 14.4 Å². The van der Waals surface area contributed by atoms with Crippen molar-refractivity contribution in [3.63, 3.8) is 0 Å². The molecule has 0 amide bonds. The van der Waals surface area contributed by atoms with Crippen LogP contribution in [0.4, 0.5) is 5.69 Å². The van der Waals surface area contributed by atoms with Gasteiger partial charge in [-0.15, -0.1) is 23.2 Å². The van der Waals surface area contributed by atoms with Gasteiger partial charge in [0.05, 0.1) is 14.2 Å². The van der Waals surface area contributed by atoms with Gasteiger partial charge in [-0.1, -0.05) is 0 Å². The van der Waals surface area contributed by atoms with Crippen LogP contribution in [0.5, 0.6) is 11.5 Å². The maximum Gasteiger partial charge on any atom is 0.162 e. The molecule has 0 N–H and O–H groups in total. The van der Waals surface area contributed by atoms with E-state index in [9.17, 15) is 0 Å². The second-order valence-corrected chi connectivity index (χ2v) is 4.92. The van der Waals surface area contributed by atoms with E-state index in [1.165, 1.54) is 5.56 Å². The zero-order valence-electron chi connectivity index (χ0n) is 10.6. The van der Waals surface area contributed by atoms with Gasteiger partial charge in [-0.05, 0) is 18.1 Å². The van der Waals surface area contributed by atoms with Crippen molar-refractivity contribution < 1.29 is 9.47 Å². The van der Waals surface area contributed by atoms with Gasteiger partial charge in [0.25, 0.3) is 0 Å². The highest BCUT2D eigenvalue weighted by Crippen LogP contribution is 2.40. The van der Waals surface area contributed by atoms with Gasteiger partial charge in [0, 0.05) is 36.1 Å². The fourth-order valence-electron chi connectivity index (χ4n) is 2.43. The molecular weight excluding hydrogens is 273 g/mol. The van der Waals surface area contributed by atoms with Crippen LogP contribution in [0.3, 0.4) is 0 Å². The zero-order chi connectivity index (χ0) is 13.1. The maximum absolute atomic E-state index is 6.03. The van der Waals surface area contributed by atoms with Crippen molar-refractivity contribution in [3.05, 3.63) is 17.7 Å². The first kappa shape index (κ1) is 13.6. The van der Waals surface area contributed by atoms with Gasteiger partial charge in [-0.3, -0.25) is 0 Å². The molecule has 0 fully saturated rings. The quantitative estimate of drug-likeness (QED) is 0.778. The average molecular weight is 290 g/mol. The standard InChI is InChI=1S/C13H17Cl2NO2/c1-17-12-6-9-5-10(8-15)16(4-3-14)11(9)7-13(12)18-2/h6-7,10H,3-5,8H2,1-2H3. The lowest BCUT2D eigenvalue weighted by atomic mass is 10.1. The number of nitrogens with zero attached hydrogens (tertiary/aromatic N) is 1. The molecule has 18 heavy (non-hydrogen) atoms. The molecule has 1 aliphatic rings. The summed E-state index contributed by atoms with van der Waals surface area (Å²) in [6.07, 6.45) is 0.927. The Labute approximate surface area is 118 Å². The van der Waals surface area contributed by atoms with Crippen LogP contribution in [0.15, 0.2) is 12.1 Å². The van der Waals surface area contributed by atoms with Gasteiger partial charge in [-0.2, -0.15) is 0 Å². The van der Waals surface area contributed by atoms with E-state index in [4.69, 9.17) is 32.7 Å². The highest BCUT2D eigenvalue weighted by molar-refractivity contribution is 6.19. The fourth-order valence-corrected chi connectivity index (χ4v) is 2.89. The molecule has 0 bridgehead atoms. The van der Waals surface area contributed by atoms with Gasteiger partial charge in [0.1, 0.15) is 0 Å². The van der Waals surface area contributed by atoms with Crippen molar-refractivity contribution >= 4 is 28.9 Å². The Morgan fingerprint density at radius 3 is 2.44 bits per heavy atom. The largest absolute Gasteiger partial charge is 0.493 e. The number of methoxy groups -OCH3 is 2. The molecule has 1 aromatic carbocycles. The minimum atomic E-state index is 0.303. The van der Waals surface area contributed by atoms with E-state index in [0.717, 1.165) is 30.2 Å². The summed E-state index contributed by atoms with van der Waals surface area (Å²) in [6.45, 7) is 0.793. The van der Waals surface area contributed by atoms with Crippen molar-refractivity contribution in [2.24, 2.45) is 0 Å². The minimum Gasteiger partial charge on any atom is -0.493 e. The zero-order valence-corrected chi connectivity index (χ0v) is 12.1. The maximum atomic E-state index is 6.03. The third kappa shape index (κ3) is 2.34. The molecule has 0 radical (unpaired) electrons. The molecule has 0 spiro atoms. The van der Waals surface area contributed by atoms with Gasteiger partial charge >= 0.3 is 0 Å². The summed E-state index contributed by atoms with van der Waals surface area (Å²) in [5, 5.41) is 0. The molecule has 5 heteroatoms. The van der Waals surface area contributed by atoms with Crippen LogP contribution in [0.1, 0.15) is 5.56 Å². The summed E-state index contributed by atoms with van der Waals surface area (Å²) in [5.41, 5.74) is 2.39. The Balaban J connectivity index is 2.40. The van der Waals surface area contributed by atoms with Crippen molar-refractivity contribution in [1.82, 2.24) is 0 Å². The Morgan fingerprint density at radius 1 is 1.22 bits per heavy atom. The minimum absolute atomic E-state index is 0.303. The first-order valence-corrected chi connectivity index (χ1v) is 6.95. The highest BCUT2D eigenvalue weighted by atomic mass is 35.5. The van der Waals surface area contributed by atoms with E-state index in [2.05, 4.69) is 4.90 Å². The highest BCUT2D eigenvalue weighted by Gasteiger charge is 2.29. The predicted octanol–water partition coefficient (Wildman–Crippen LogP) is 2.91. The van der Waals surface area contributed by atoms with Crippen LogP contribution in [0, 0.1) is 0 Å². The summed E-state index contributed by atoms with van der Waals surface area (Å²) in [6, 6.07) is 4.34. The molecule has 1 atom stereocenters. The normalized spacial score (nSPS) is 17.8. The molecule has 3 nitrogen and oxygen atoms in total. The van der Waals surface area contributed by atoms with E-state index in [1.807, 2.05) is 12.1 Å². The predicted molar refractivity (Wildman–Crippen MR) is 75.8 cm³/mol. The van der Waals surface area contributed by atoms with Crippen LogP contribution in [0.25, 0.3) is 0 Å². The molecule has 1 aliphatic heterocycles. The first-order chi connectivity index (χ1) is 8.74. The van der Waals surface area contributed by atoms with Crippen LogP contribution in [-0.4, -0.2) is 38.6 Å². The molecule has 1 aromatic rings. The Bertz CT molecular complexity index is 426. The lowest BCUT2D eigenvalue weighted by Crippen LogP contribution is -2.34. The van der Waals surface area contributed by atoms with Gasteiger partial charge in [-0.25, -0.2) is 0 Å². The number of anilines is 1. The van der Waals surface area contributed by atoms with Gasteiger partial charge in [0.2, 0.25) is 0 Å². The van der Waals surface area contributed by atoms with E-state index in [1.54, 1.807) is 14.2 Å². The van der Waals surface area contributed by atoms with Crippen LogP contribution >= 0.6 is 23.2 Å². The van der Waals surface area contributed by atoms with Crippen molar-refractivity contribution in [3.8, 4) is 11.5 Å². The number of alkyl halides is 2. The third-order valence-electron chi connectivity index (χ3n) is 3.29. The molecule has 0 aliphatic carbocycles. The number of ether oxygens (including phenoxy) is 2. The average Bonchev–Trinajstić information content (AvgIpc) is 2.75. The first-order valence-electron chi connectivity index (χ1n) is 5.88. The van der Waals surface area contributed by atoms with E-state index in [0.29, 0.717) is 17.8 Å². The summed E-state index contributed by atoms with van der Waals surface area (Å²) in [4.78, 5) is 2.25. The number of halogens is 2. The van der Waals surface area contributed by atoms with Crippen molar-refractivity contribution in [2.75, 3.05) is 37.4 Å². The Kier molecular flexibility index (Phi) is 4.46. The third-order valence-corrected chi connectivity index (χ3v) is 3.82. The molecule has 1 unspecified atom stereocenters. The van der Waals surface area contributed by atoms with Crippen LogP contribution in [0.2, 0.25) is 0 Å².